The van der Waals surface area contributed by atoms with E-state index in [0.717, 1.165) is 6.42 Å². The van der Waals surface area contributed by atoms with Gasteiger partial charge in [0, 0.05) is 18.1 Å². The number of piperidine rings is 2. The quantitative estimate of drug-likeness (QED) is 0.537. The molecular weight excluding hydrogens is 270 g/mol. The Morgan fingerprint density at radius 1 is 1.05 bits per heavy atom. The Morgan fingerprint density at radius 2 is 1.91 bits per heavy atom. The van der Waals surface area contributed by atoms with Gasteiger partial charge in [-0.2, -0.15) is 0 Å². The molecule has 2 saturated heterocycles. The van der Waals surface area contributed by atoms with E-state index < -0.39 is 0 Å². The van der Waals surface area contributed by atoms with Gasteiger partial charge in [-0.1, -0.05) is 56.9 Å². The van der Waals surface area contributed by atoms with E-state index in [9.17, 15) is 5.11 Å². The number of allylic oxidation sites excluding steroid dienone is 3. The van der Waals surface area contributed by atoms with Crippen LogP contribution in [0.5, 0.6) is 0 Å². The van der Waals surface area contributed by atoms with Crippen LogP contribution >= 0.6 is 0 Å². The van der Waals surface area contributed by atoms with Crippen molar-refractivity contribution in [3.8, 4) is 0 Å². The molecule has 0 bridgehead atoms. The molecule has 0 aromatic rings. The van der Waals surface area contributed by atoms with E-state index in [1.807, 2.05) is 0 Å². The van der Waals surface area contributed by atoms with Gasteiger partial charge >= 0.3 is 0 Å². The van der Waals surface area contributed by atoms with Crippen LogP contribution in [0.15, 0.2) is 24.3 Å². The van der Waals surface area contributed by atoms with Gasteiger partial charge in [0.15, 0.2) is 0 Å². The minimum Gasteiger partial charge on any atom is -0.392 e. The van der Waals surface area contributed by atoms with Crippen molar-refractivity contribution >= 4 is 0 Å². The summed E-state index contributed by atoms with van der Waals surface area (Å²) in [6.45, 7) is 4.46. The molecule has 0 aromatic carbocycles. The van der Waals surface area contributed by atoms with Crippen molar-refractivity contribution in [1.82, 2.24) is 4.90 Å². The van der Waals surface area contributed by atoms with Crippen LogP contribution in [-0.2, 0) is 0 Å². The van der Waals surface area contributed by atoms with Crippen LogP contribution in [0.25, 0.3) is 0 Å². The summed E-state index contributed by atoms with van der Waals surface area (Å²) >= 11 is 0. The molecule has 4 atom stereocenters. The van der Waals surface area contributed by atoms with Crippen LogP contribution in [-0.4, -0.2) is 34.2 Å². The molecule has 2 nitrogen and oxygen atoms in total. The number of hydrogen-bond donors (Lipinski definition) is 1. The summed E-state index contributed by atoms with van der Waals surface area (Å²) in [6, 6.07) is 1.53. The molecule has 2 fully saturated rings. The van der Waals surface area contributed by atoms with Gasteiger partial charge in [0.1, 0.15) is 0 Å². The average Bonchev–Trinajstić information content (AvgIpc) is 2.53. The first-order chi connectivity index (χ1) is 10.7. The predicted octanol–water partition coefficient (Wildman–Crippen LogP) is 4.84. The van der Waals surface area contributed by atoms with Crippen molar-refractivity contribution in [3.63, 3.8) is 0 Å². The summed E-state index contributed by atoms with van der Waals surface area (Å²) in [4.78, 5) is 2.59. The third kappa shape index (κ3) is 4.96. The van der Waals surface area contributed by atoms with Crippen LogP contribution in [0.3, 0.4) is 0 Å². The summed E-state index contributed by atoms with van der Waals surface area (Å²) < 4.78 is 0. The lowest BCUT2D eigenvalue weighted by molar-refractivity contribution is -0.0460. The summed E-state index contributed by atoms with van der Waals surface area (Å²) in [5, 5.41) is 10.2. The Bertz CT molecular complexity index is 361. The first-order valence-corrected chi connectivity index (χ1v) is 9.53. The largest absolute Gasteiger partial charge is 0.392 e. The lowest BCUT2D eigenvalue weighted by Gasteiger charge is -2.49. The topological polar surface area (TPSA) is 23.5 Å². The maximum Gasteiger partial charge on any atom is 0.0693 e. The van der Waals surface area contributed by atoms with Gasteiger partial charge in [0.05, 0.1) is 6.10 Å². The number of rotatable bonds is 7. The highest BCUT2D eigenvalue weighted by molar-refractivity contribution is 5.09. The molecule has 2 rings (SSSR count). The zero-order chi connectivity index (χ0) is 15.8. The van der Waals surface area contributed by atoms with Gasteiger partial charge < -0.3 is 5.11 Å². The SMILES string of the molecule is CCCCCCC=CC=CC1CCCC2CCC(O)C(C)N12. The standard InChI is InChI=1S/C20H35NO/c1-3-4-5-6-7-8-9-10-12-18-13-11-14-19-15-16-20(22)17(2)21(18)19/h8-10,12,17-20,22H,3-7,11,13-16H2,1-2H3. The van der Waals surface area contributed by atoms with E-state index in [-0.39, 0.29) is 6.10 Å². The molecular formula is C20H35NO. The van der Waals surface area contributed by atoms with E-state index >= 15 is 0 Å². The van der Waals surface area contributed by atoms with Crippen molar-refractivity contribution in [2.45, 2.75) is 102 Å². The van der Waals surface area contributed by atoms with Gasteiger partial charge in [-0.15, -0.1) is 0 Å². The van der Waals surface area contributed by atoms with Gasteiger partial charge in [0.2, 0.25) is 0 Å². The van der Waals surface area contributed by atoms with Crippen LogP contribution in [0.2, 0.25) is 0 Å². The zero-order valence-electron chi connectivity index (χ0n) is 14.6. The number of nitrogens with zero attached hydrogens (tertiary/aromatic N) is 1. The molecule has 22 heavy (non-hydrogen) atoms. The highest BCUT2D eigenvalue weighted by Gasteiger charge is 2.38. The maximum atomic E-state index is 10.2. The van der Waals surface area contributed by atoms with E-state index in [1.54, 1.807) is 0 Å². The van der Waals surface area contributed by atoms with Gasteiger partial charge in [-0.3, -0.25) is 4.90 Å². The zero-order valence-corrected chi connectivity index (χ0v) is 14.6. The summed E-state index contributed by atoms with van der Waals surface area (Å²) in [6.07, 6.45) is 21.6. The molecule has 0 aromatic heterocycles. The van der Waals surface area contributed by atoms with Crippen molar-refractivity contribution in [1.29, 1.82) is 0 Å². The molecule has 0 spiro atoms. The molecule has 2 aliphatic rings. The van der Waals surface area contributed by atoms with Crippen molar-refractivity contribution in [3.05, 3.63) is 24.3 Å². The van der Waals surface area contributed by atoms with Crippen molar-refractivity contribution < 1.29 is 5.11 Å². The number of aliphatic hydroxyl groups excluding tert-OH is 1. The molecule has 2 heterocycles. The summed E-state index contributed by atoms with van der Waals surface area (Å²) in [5.74, 6) is 0. The van der Waals surface area contributed by atoms with Crippen LogP contribution < -0.4 is 0 Å². The van der Waals surface area contributed by atoms with Crippen LogP contribution in [0.4, 0.5) is 0 Å². The third-order valence-corrected chi connectivity index (χ3v) is 5.47. The highest BCUT2D eigenvalue weighted by atomic mass is 16.3. The Balaban J connectivity index is 1.80. The van der Waals surface area contributed by atoms with Gasteiger partial charge in [0.25, 0.3) is 0 Å². The minimum absolute atomic E-state index is 0.139. The molecule has 0 saturated carbocycles. The molecule has 2 heteroatoms. The minimum atomic E-state index is -0.139. The maximum absolute atomic E-state index is 10.2. The van der Waals surface area contributed by atoms with Crippen molar-refractivity contribution in [2.24, 2.45) is 0 Å². The fraction of sp³-hybridized carbons (Fsp3) is 0.800. The number of unbranched alkanes of at least 4 members (excludes halogenated alkanes) is 4. The lowest BCUT2D eigenvalue weighted by atomic mass is 9.84. The normalized spacial score (nSPS) is 33.6. The lowest BCUT2D eigenvalue weighted by Crippen LogP contribution is -2.57. The summed E-state index contributed by atoms with van der Waals surface area (Å²) in [5.41, 5.74) is 0. The number of hydrogen-bond acceptors (Lipinski definition) is 2. The fourth-order valence-electron chi connectivity index (χ4n) is 4.11. The Kier molecular flexibility index (Phi) is 7.68. The van der Waals surface area contributed by atoms with Crippen LogP contribution in [0.1, 0.15) is 78.1 Å². The molecule has 4 unspecified atom stereocenters. The second kappa shape index (κ2) is 9.52. The van der Waals surface area contributed by atoms with E-state index in [2.05, 4.69) is 43.1 Å². The Hall–Kier alpha value is -0.600. The first-order valence-electron chi connectivity index (χ1n) is 9.53. The number of fused-ring (bicyclic) bond motifs is 1. The highest BCUT2D eigenvalue weighted by Crippen LogP contribution is 2.34. The van der Waals surface area contributed by atoms with E-state index in [4.69, 9.17) is 0 Å². The van der Waals surface area contributed by atoms with Crippen LogP contribution in [0, 0.1) is 0 Å². The molecule has 2 aliphatic heterocycles. The average molecular weight is 306 g/mol. The molecule has 0 amide bonds. The molecule has 0 radical (unpaired) electrons. The second-order valence-electron chi connectivity index (χ2n) is 7.15. The smallest absolute Gasteiger partial charge is 0.0693 e. The molecule has 1 N–H and O–H groups in total. The Morgan fingerprint density at radius 3 is 2.73 bits per heavy atom. The monoisotopic (exact) mass is 305 g/mol. The van der Waals surface area contributed by atoms with Gasteiger partial charge in [-0.25, -0.2) is 0 Å². The number of aliphatic hydroxyl groups is 1. The van der Waals surface area contributed by atoms with Gasteiger partial charge in [-0.05, 0) is 45.4 Å². The molecule has 0 aliphatic carbocycles. The fourth-order valence-corrected chi connectivity index (χ4v) is 4.11. The second-order valence-corrected chi connectivity index (χ2v) is 7.15. The Labute approximate surface area is 137 Å². The van der Waals surface area contributed by atoms with Crippen molar-refractivity contribution in [2.75, 3.05) is 0 Å². The van der Waals surface area contributed by atoms with E-state index in [0.29, 0.717) is 18.1 Å². The molecule has 126 valence electrons. The third-order valence-electron chi connectivity index (χ3n) is 5.47. The van der Waals surface area contributed by atoms with E-state index in [1.165, 1.54) is 57.8 Å². The first kappa shape index (κ1) is 17.7. The summed E-state index contributed by atoms with van der Waals surface area (Å²) in [7, 11) is 0. The predicted molar refractivity (Wildman–Crippen MR) is 95.0 cm³/mol.